The molecule has 0 saturated carbocycles. The molecule has 2 aromatic rings. The van der Waals surface area contributed by atoms with Gasteiger partial charge in [0.05, 0.1) is 23.3 Å². The number of carbonyl (C=O) groups is 1. The van der Waals surface area contributed by atoms with Crippen molar-refractivity contribution in [3.8, 4) is 0 Å². The summed E-state index contributed by atoms with van der Waals surface area (Å²) in [5.74, 6) is -0.0309. The Balaban J connectivity index is 1.60. The Kier molecular flexibility index (Phi) is 5.77. The number of rotatable bonds is 4. The van der Waals surface area contributed by atoms with Crippen molar-refractivity contribution < 1.29 is 9.53 Å². The smallest absolute Gasteiger partial charge is 0.255 e. The van der Waals surface area contributed by atoms with Crippen molar-refractivity contribution in [3.05, 3.63) is 69.7 Å². The molecule has 1 fully saturated rings. The quantitative estimate of drug-likeness (QED) is 0.779. The molecule has 0 radical (unpaired) electrons. The predicted molar refractivity (Wildman–Crippen MR) is 96.6 cm³/mol. The molecular weight excluding hydrogens is 345 g/mol. The van der Waals surface area contributed by atoms with Gasteiger partial charge >= 0.3 is 0 Å². The summed E-state index contributed by atoms with van der Waals surface area (Å²) in [6, 6.07) is 14.8. The number of nitrogens with zero attached hydrogens (tertiary/aromatic N) is 1. The summed E-state index contributed by atoms with van der Waals surface area (Å²) in [4.78, 5) is 14.5. The van der Waals surface area contributed by atoms with Gasteiger partial charge in [0, 0.05) is 18.1 Å². The molecule has 0 unspecified atom stereocenters. The van der Waals surface area contributed by atoms with E-state index in [0.29, 0.717) is 28.8 Å². The zero-order chi connectivity index (χ0) is 16.9. The third-order valence-corrected chi connectivity index (χ3v) is 4.71. The van der Waals surface area contributed by atoms with Crippen LogP contribution in [0, 0.1) is 0 Å². The van der Waals surface area contributed by atoms with E-state index in [4.69, 9.17) is 27.9 Å². The van der Waals surface area contributed by atoms with E-state index in [9.17, 15) is 4.79 Å². The van der Waals surface area contributed by atoms with Crippen LogP contribution in [0.3, 0.4) is 0 Å². The third-order valence-electron chi connectivity index (χ3n) is 4.14. The first-order valence-electron chi connectivity index (χ1n) is 8.03. The Hall–Kier alpha value is -1.55. The maximum Gasteiger partial charge on any atom is 0.255 e. The maximum atomic E-state index is 12.7. The molecule has 0 N–H and O–H groups in total. The average Bonchev–Trinajstić information content (AvgIpc) is 2.60. The molecule has 0 aromatic heterocycles. The normalized spacial score (nSPS) is 17.8. The van der Waals surface area contributed by atoms with Gasteiger partial charge in [-0.2, -0.15) is 0 Å². The summed E-state index contributed by atoms with van der Waals surface area (Å²) in [6.07, 6.45) is 1.91. The lowest BCUT2D eigenvalue weighted by Gasteiger charge is -2.33. The van der Waals surface area contributed by atoms with E-state index in [0.717, 1.165) is 24.9 Å². The molecular formula is C19H19Cl2NO2. The Labute approximate surface area is 152 Å². The van der Waals surface area contributed by atoms with Crippen LogP contribution in [0.5, 0.6) is 0 Å². The van der Waals surface area contributed by atoms with Crippen LogP contribution >= 0.6 is 23.2 Å². The van der Waals surface area contributed by atoms with E-state index in [1.165, 1.54) is 0 Å². The van der Waals surface area contributed by atoms with Gasteiger partial charge in [0.25, 0.3) is 5.91 Å². The highest BCUT2D eigenvalue weighted by Gasteiger charge is 2.26. The van der Waals surface area contributed by atoms with Crippen molar-refractivity contribution in [3.63, 3.8) is 0 Å². The van der Waals surface area contributed by atoms with E-state index < -0.39 is 0 Å². The van der Waals surface area contributed by atoms with E-state index in [1.54, 1.807) is 12.1 Å². The highest BCUT2D eigenvalue weighted by atomic mass is 35.5. The Morgan fingerprint density at radius 2 is 2.00 bits per heavy atom. The lowest BCUT2D eigenvalue weighted by Crippen LogP contribution is -2.43. The first-order valence-corrected chi connectivity index (χ1v) is 8.79. The molecule has 3 nitrogen and oxygen atoms in total. The molecule has 0 aliphatic carbocycles. The Bertz CT molecular complexity index is 720. The molecule has 24 heavy (non-hydrogen) atoms. The summed E-state index contributed by atoms with van der Waals surface area (Å²) in [7, 11) is 0. The highest BCUT2D eigenvalue weighted by Crippen LogP contribution is 2.22. The van der Waals surface area contributed by atoms with Crippen molar-refractivity contribution in [2.45, 2.75) is 25.6 Å². The van der Waals surface area contributed by atoms with Crippen molar-refractivity contribution in [1.82, 2.24) is 4.90 Å². The number of carbonyl (C=O) groups excluding carboxylic acids is 1. The predicted octanol–water partition coefficient (Wildman–Crippen LogP) is 4.81. The molecule has 1 aliphatic rings. The van der Waals surface area contributed by atoms with Crippen LogP contribution in [-0.2, 0) is 11.3 Å². The van der Waals surface area contributed by atoms with Crippen LogP contribution in [0.2, 0.25) is 10.0 Å². The molecule has 0 bridgehead atoms. The van der Waals surface area contributed by atoms with Gasteiger partial charge in [-0.1, -0.05) is 47.5 Å². The topological polar surface area (TPSA) is 29.5 Å². The molecule has 2 aromatic carbocycles. The second-order valence-corrected chi connectivity index (χ2v) is 6.78. The number of ether oxygens (including phenoxy) is 1. The summed E-state index contributed by atoms with van der Waals surface area (Å²) in [5.41, 5.74) is 1.59. The molecule has 1 amide bonds. The summed E-state index contributed by atoms with van der Waals surface area (Å²) in [6.45, 7) is 1.82. The monoisotopic (exact) mass is 363 g/mol. The minimum atomic E-state index is -0.0309. The highest BCUT2D eigenvalue weighted by molar-refractivity contribution is 6.33. The first kappa shape index (κ1) is 17.3. The number of piperidine rings is 1. The lowest BCUT2D eigenvalue weighted by atomic mass is 10.1. The fourth-order valence-corrected chi connectivity index (χ4v) is 3.33. The molecule has 1 atom stereocenters. The van der Waals surface area contributed by atoms with Crippen LogP contribution in [-0.4, -0.2) is 30.0 Å². The largest absolute Gasteiger partial charge is 0.372 e. The molecule has 0 spiro atoms. The number of halogens is 2. The van der Waals surface area contributed by atoms with Crippen LogP contribution < -0.4 is 0 Å². The van der Waals surface area contributed by atoms with Gasteiger partial charge in [-0.3, -0.25) is 4.79 Å². The van der Waals surface area contributed by atoms with Crippen LogP contribution in [0.4, 0.5) is 0 Å². The molecule has 3 rings (SSSR count). The SMILES string of the molecule is O=C(c1ccccc1Cl)N1CCC[C@H](OCc2cccc(Cl)c2)C1. The Morgan fingerprint density at radius 3 is 2.79 bits per heavy atom. The van der Waals surface area contributed by atoms with Gasteiger partial charge < -0.3 is 9.64 Å². The molecule has 126 valence electrons. The van der Waals surface area contributed by atoms with E-state index in [2.05, 4.69) is 0 Å². The van der Waals surface area contributed by atoms with Gasteiger partial charge in [-0.15, -0.1) is 0 Å². The van der Waals surface area contributed by atoms with Crippen molar-refractivity contribution in [2.75, 3.05) is 13.1 Å². The summed E-state index contributed by atoms with van der Waals surface area (Å²) < 4.78 is 5.98. The van der Waals surface area contributed by atoms with Crippen molar-refractivity contribution in [2.24, 2.45) is 0 Å². The number of hydrogen-bond donors (Lipinski definition) is 0. The molecule has 5 heteroatoms. The third kappa shape index (κ3) is 4.29. The zero-order valence-electron chi connectivity index (χ0n) is 13.3. The maximum absolute atomic E-state index is 12.7. The first-order chi connectivity index (χ1) is 11.6. The summed E-state index contributed by atoms with van der Waals surface area (Å²) >= 11 is 12.1. The number of hydrogen-bond acceptors (Lipinski definition) is 2. The fourth-order valence-electron chi connectivity index (χ4n) is 2.90. The molecule has 1 saturated heterocycles. The van der Waals surface area contributed by atoms with E-state index in [1.807, 2.05) is 41.3 Å². The molecule has 1 aliphatic heterocycles. The number of benzene rings is 2. The van der Waals surface area contributed by atoms with Crippen molar-refractivity contribution >= 4 is 29.1 Å². The van der Waals surface area contributed by atoms with Crippen LogP contribution in [0.1, 0.15) is 28.8 Å². The number of likely N-dealkylation sites (tertiary alicyclic amines) is 1. The minimum absolute atomic E-state index is 0.0309. The van der Waals surface area contributed by atoms with Crippen molar-refractivity contribution in [1.29, 1.82) is 0 Å². The molecule has 1 heterocycles. The van der Waals surface area contributed by atoms with Gasteiger partial charge in [-0.25, -0.2) is 0 Å². The van der Waals surface area contributed by atoms with Gasteiger partial charge in [0.2, 0.25) is 0 Å². The van der Waals surface area contributed by atoms with E-state index in [-0.39, 0.29) is 12.0 Å². The van der Waals surface area contributed by atoms with Crippen LogP contribution in [0.25, 0.3) is 0 Å². The van der Waals surface area contributed by atoms with Gasteiger partial charge in [0.1, 0.15) is 0 Å². The Morgan fingerprint density at radius 1 is 1.17 bits per heavy atom. The average molecular weight is 364 g/mol. The standard InChI is InChI=1S/C19H19Cl2NO2/c20-15-6-3-5-14(11-15)13-24-16-7-4-10-22(12-16)19(23)17-8-1-2-9-18(17)21/h1-3,5-6,8-9,11,16H,4,7,10,12-13H2/t16-/m0/s1. The zero-order valence-corrected chi connectivity index (χ0v) is 14.8. The lowest BCUT2D eigenvalue weighted by molar-refractivity contribution is -0.00672. The summed E-state index contributed by atoms with van der Waals surface area (Å²) in [5, 5.41) is 1.19. The fraction of sp³-hybridized carbons (Fsp3) is 0.316. The number of amides is 1. The second-order valence-electron chi connectivity index (χ2n) is 5.94. The second kappa shape index (κ2) is 8.02. The minimum Gasteiger partial charge on any atom is -0.372 e. The van der Waals surface area contributed by atoms with E-state index >= 15 is 0 Å². The van der Waals surface area contributed by atoms with Gasteiger partial charge in [0.15, 0.2) is 0 Å². The van der Waals surface area contributed by atoms with Gasteiger partial charge in [-0.05, 0) is 42.7 Å². The van der Waals surface area contributed by atoms with Crippen LogP contribution in [0.15, 0.2) is 48.5 Å².